The highest BCUT2D eigenvalue weighted by molar-refractivity contribution is 5.39. The molecule has 1 N–H and O–H groups in total. The summed E-state index contributed by atoms with van der Waals surface area (Å²) in [6.45, 7) is 7.95. The summed E-state index contributed by atoms with van der Waals surface area (Å²) in [7, 11) is 0. The summed E-state index contributed by atoms with van der Waals surface area (Å²) in [5.74, 6) is 1.68. The Morgan fingerprint density at radius 1 is 1.06 bits per heavy atom. The molecule has 0 saturated carbocycles. The number of aliphatic hydroxyl groups is 1. The lowest BCUT2D eigenvalue weighted by atomic mass is 9.97. The van der Waals surface area contributed by atoms with Crippen LogP contribution in [0.5, 0.6) is 0 Å². The van der Waals surface area contributed by atoms with Gasteiger partial charge in [-0.25, -0.2) is 0 Å². The number of furan rings is 1. The summed E-state index contributed by atoms with van der Waals surface area (Å²) in [6.07, 6.45) is 0.410. The smallest absolute Gasteiger partial charge is 0.108 e. The number of rotatable bonds is 3. The molecule has 2 nitrogen and oxygen atoms in total. The monoisotopic (exact) mass is 244 g/mol. The second kappa shape index (κ2) is 4.99. The average molecular weight is 244 g/mol. The van der Waals surface area contributed by atoms with Gasteiger partial charge in [0.2, 0.25) is 0 Å². The van der Waals surface area contributed by atoms with Gasteiger partial charge in [0, 0.05) is 5.56 Å². The minimum Gasteiger partial charge on any atom is -0.466 e. The molecule has 0 saturated heterocycles. The van der Waals surface area contributed by atoms with Crippen LogP contribution in [0.15, 0.2) is 28.7 Å². The molecule has 0 radical (unpaired) electrons. The summed E-state index contributed by atoms with van der Waals surface area (Å²) in [5.41, 5.74) is 4.14. The fourth-order valence-corrected chi connectivity index (χ4v) is 2.31. The predicted molar refractivity (Wildman–Crippen MR) is 72.8 cm³/mol. The molecular formula is C16H20O2. The first-order valence-electron chi connectivity index (χ1n) is 6.38. The Labute approximate surface area is 108 Å². The molecule has 2 aromatic rings. The van der Waals surface area contributed by atoms with Crippen molar-refractivity contribution in [2.45, 2.75) is 40.2 Å². The van der Waals surface area contributed by atoms with Gasteiger partial charge in [-0.3, -0.25) is 0 Å². The maximum atomic E-state index is 10.5. The first-order valence-corrected chi connectivity index (χ1v) is 6.38. The Morgan fingerprint density at radius 2 is 1.67 bits per heavy atom. The molecule has 0 bridgehead atoms. The van der Waals surface area contributed by atoms with Crippen LogP contribution in [0.2, 0.25) is 0 Å². The van der Waals surface area contributed by atoms with Gasteiger partial charge >= 0.3 is 0 Å². The molecule has 0 spiro atoms. The van der Waals surface area contributed by atoms with Crippen molar-refractivity contribution in [2.24, 2.45) is 0 Å². The summed E-state index contributed by atoms with van der Waals surface area (Å²) >= 11 is 0. The highest BCUT2D eigenvalue weighted by atomic mass is 16.3. The number of hydrogen-bond donors (Lipinski definition) is 1. The number of aryl methyl sites for hydroxylation is 3. The van der Waals surface area contributed by atoms with Crippen LogP contribution < -0.4 is 0 Å². The lowest BCUT2D eigenvalue weighted by Gasteiger charge is -2.12. The molecule has 0 aliphatic rings. The van der Waals surface area contributed by atoms with Crippen molar-refractivity contribution >= 4 is 0 Å². The van der Waals surface area contributed by atoms with Crippen molar-refractivity contribution in [1.82, 2.24) is 0 Å². The van der Waals surface area contributed by atoms with Crippen LogP contribution in [-0.4, -0.2) is 5.11 Å². The molecule has 1 aromatic heterocycles. The minimum absolute atomic E-state index is 0.603. The van der Waals surface area contributed by atoms with Crippen molar-refractivity contribution in [3.63, 3.8) is 0 Å². The zero-order valence-electron chi connectivity index (χ0n) is 11.4. The lowest BCUT2D eigenvalue weighted by molar-refractivity contribution is 0.217. The van der Waals surface area contributed by atoms with Gasteiger partial charge in [-0.2, -0.15) is 0 Å². The van der Waals surface area contributed by atoms with Gasteiger partial charge in [-0.05, 0) is 43.9 Å². The zero-order valence-corrected chi connectivity index (χ0v) is 11.4. The Balaban J connectivity index is 2.37. The molecule has 1 unspecified atom stereocenters. The van der Waals surface area contributed by atoms with Gasteiger partial charge in [-0.1, -0.05) is 31.2 Å². The van der Waals surface area contributed by atoms with E-state index < -0.39 is 6.10 Å². The number of hydrogen-bond acceptors (Lipinski definition) is 2. The molecule has 96 valence electrons. The molecule has 1 heterocycles. The van der Waals surface area contributed by atoms with Crippen molar-refractivity contribution < 1.29 is 9.52 Å². The number of aliphatic hydroxyl groups excluding tert-OH is 1. The lowest BCUT2D eigenvalue weighted by Crippen LogP contribution is -2.02. The molecular weight excluding hydrogens is 224 g/mol. The summed E-state index contributed by atoms with van der Waals surface area (Å²) in [4.78, 5) is 0. The van der Waals surface area contributed by atoms with Gasteiger partial charge in [-0.15, -0.1) is 0 Å². The third-order valence-electron chi connectivity index (χ3n) is 3.59. The fraction of sp³-hybridized carbons (Fsp3) is 0.375. The van der Waals surface area contributed by atoms with E-state index in [1.54, 1.807) is 0 Å². The Bertz CT molecular complexity index is 535. The quantitative estimate of drug-likeness (QED) is 0.889. The van der Waals surface area contributed by atoms with Gasteiger partial charge in [0.05, 0.1) is 0 Å². The molecule has 0 amide bonds. The highest BCUT2D eigenvalue weighted by Gasteiger charge is 2.20. The van der Waals surface area contributed by atoms with Crippen LogP contribution in [0.4, 0.5) is 0 Å². The SMILES string of the molecule is CCc1ccc(C(O)c2c(C)oc(C)c2C)cc1. The molecule has 0 aliphatic carbocycles. The maximum Gasteiger partial charge on any atom is 0.108 e. The number of benzene rings is 1. The normalized spacial score (nSPS) is 12.7. The van der Waals surface area contributed by atoms with E-state index in [9.17, 15) is 5.11 Å². The van der Waals surface area contributed by atoms with E-state index in [0.29, 0.717) is 0 Å². The highest BCUT2D eigenvalue weighted by Crippen LogP contribution is 2.31. The average Bonchev–Trinajstić information content (AvgIpc) is 2.63. The Hall–Kier alpha value is -1.54. The first-order chi connectivity index (χ1) is 8.54. The minimum atomic E-state index is -0.603. The van der Waals surface area contributed by atoms with Crippen molar-refractivity contribution in [1.29, 1.82) is 0 Å². The van der Waals surface area contributed by atoms with Gasteiger partial charge < -0.3 is 9.52 Å². The molecule has 1 atom stereocenters. The van der Waals surface area contributed by atoms with Crippen LogP contribution >= 0.6 is 0 Å². The third kappa shape index (κ3) is 2.21. The molecule has 2 rings (SSSR count). The summed E-state index contributed by atoms with van der Waals surface area (Å²) in [5, 5.41) is 10.5. The molecule has 2 heteroatoms. The largest absolute Gasteiger partial charge is 0.466 e. The maximum absolute atomic E-state index is 10.5. The zero-order chi connectivity index (χ0) is 13.3. The summed E-state index contributed by atoms with van der Waals surface area (Å²) in [6, 6.07) is 8.11. The predicted octanol–water partition coefficient (Wildman–Crippen LogP) is 3.85. The van der Waals surface area contributed by atoms with Crippen molar-refractivity contribution in [3.05, 3.63) is 58.0 Å². The van der Waals surface area contributed by atoms with E-state index in [-0.39, 0.29) is 0 Å². The van der Waals surface area contributed by atoms with Crippen molar-refractivity contribution in [3.8, 4) is 0 Å². The Kier molecular flexibility index (Phi) is 3.58. The fourth-order valence-electron chi connectivity index (χ4n) is 2.31. The van der Waals surface area contributed by atoms with E-state index >= 15 is 0 Å². The topological polar surface area (TPSA) is 33.4 Å². The second-order valence-electron chi connectivity index (χ2n) is 4.75. The van der Waals surface area contributed by atoms with E-state index in [2.05, 4.69) is 19.1 Å². The first kappa shape index (κ1) is 12.9. The summed E-state index contributed by atoms with van der Waals surface area (Å²) < 4.78 is 5.57. The standard InChI is InChI=1S/C16H20O2/c1-5-13-6-8-14(9-7-13)16(17)15-10(2)11(3)18-12(15)4/h6-9,16-17H,5H2,1-4H3. The second-order valence-corrected chi connectivity index (χ2v) is 4.75. The van der Waals surface area contributed by atoms with Gasteiger partial charge in [0.15, 0.2) is 0 Å². The van der Waals surface area contributed by atoms with E-state index in [4.69, 9.17) is 4.42 Å². The molecule has 0 fully saturated rings. The third-order valence-corrected chi connectivity index (χ3v) is 3.59. The van der Waals surface area contributed by atoms with Crippen LogP contribution in [-0.2, 0) is 6.42 Å². The van der Waals surface area contributed by atoms with Crippen LogP contribution in [0, 0.1) is 20.8 Å². The van der Waals surface area contributed by atoms with Crippen LogP contribution in [0.3, 0.4) is 0 Å². The van der Waals surface area contributed by atoms with E-state index in [1.165, 1.54) is 5.56 Å². The van der Waals surface area contributed by atoms with Crippen molar-refractivity contribution in [2.75, 3.05) is 0 Å². The Morgan fingerprint density at radius 3 is 2.11 bits per heavy atom. The van der Waals surface area contributed by atoms with Crippen LogP contribution in [0.1, 0.15) is 46.8 Å². The van der Waals surface area contributed by atoms with E-state index in [0.717, 1.165) is 34.6 Å². The van der Waals surface area contributed by atoms with Gasteiger partial charge in [0.1, 0.15) is 17.6 Å². The molecule has 1 aromatic carbocycles. The van der Waals surface area contributed by atoms with E-state index in [1.807, 2.05) is 32.9 Å². The molecule has 18 heavy (non-hydrogen) atoms. The van der Waals surface area contributed by atoms with Crippen LogP contribution in [0.25, 0.3) is 0 Å². The molecule has 0 aliphatic heterocycles. The van der Waals surface area contributed by atoms with Gasteiger partial charge in [0.25, 0.3) is 0 Å².